The van der Waals surface area contributed by atoms with Crippen molar-refractivity contribution in [1.82, 2.24) is 20.2 Å². The Morgan fingerprint density at radius 1 is 1.24 bits per heavy atom. The number of ether oxygens (including phenoxy) is 3. The van der Waals surface area contributed by atoms with E-state index in [0.717, 1.165) is 5.56 Å². The lowest BCUT2D eigenvalue weighted by Crippen LogP contribution is -2.30. The van der Waals surface area contributed by atoms with Crippen LogP contribution in [0.15, 0.2) is 53.7 Å². The van der Waals surface area contributed by atoms with Gasteiger partial charge in [-0.3, -0.25) is 0 Å². The molecule has 2 aromatic carbocycles. The lowest BCUT2D eigenvalue weighted by atomic mass is 9.95. The minimum Gasteiger partial charge on any atom is -0.497 e. The molecule has 0 spiro atoms. The summed E-state index contributed by atoms with van der Waals surface area (Å²) in [5, 5.41) is 14.6. The van der Waals surface area contributed by atoms with Crippen LogP contribution in [0.3, 0.4) is 0 Å². The standard InChI is InChI=1S/C21H18ClF2N5O4/c1-11-17(19(30)32-10-12-3-6-14(31-2)7-4-12)18(29-21(25-11)26-27-28-29)15-9-13(22)5-8-16(15)33-20(23)24/h3-9,18,20H,10H2,1-2H3,(H,25,26,28)/t18-/m1/s1. The highest BCUT2D eigenvalue weighted by Gasteiger charge is 2.37. The Bertz CT molecular complexity index is 1200. The quantitative estimate of drug-likeness (QED) is 0.510. The van der Waals surface area contributed by atoms with Gasteiger partial charge < -0.3 is 19.5 Å². The van der Waals surface area contributed by atoms with Crippen LogP contribution in [0.1, 0.15) is 24.1 Å². The smallest absolute Gasteiger partial charge is 0.387 e. The number of alkyl halides is 2. The van der Waals surface area contributed by atoms with Gasteiger partial charge in [-0.1, -0.05) is 28.8 Å². The molecule has 33 heavy (non-hydrogen) atoms. The molecule has 0 bridgehead atoms. The van der Waals surface area contributed by atoms with Crippen LogP contribution < -0.4 is 14.8 Å². The van der Waals surface area contributed by atoms with Crippen molar-refractivity contribution in [2.24, 2.45) is 0 Å². The second-order valence-electron chi connectivity index (χ2n) is 7.00. The van der Waals surface area contributed by atoms with Gasteiger partial charge in [0.25, 0.3) is 0 Å². The summed E-state index contributed by atoms with van der Waals surface area (Å²) in [6.07, 6.45) is 0. The number of carbonyl (C=O) groups excluding carboxylic acids is 1. The van der Waals surface area contributed by atoms with Gasteiger partial charge in [0.05, 0.1) is 12.7 Å². The number of carbonyl (C=O) groups is 1. The van der Waals surface area contributed by atoms with Crippen molar-refractivity contribution in [1.29, 1.82) is 0 Å². The van der Waals surface area contributed by atoms with E-state index in [2.05, 4.69) is 25.6 Å². The summed E-state index contributed by atoms with van der Waals surface area (Å²) in [7, 11) is 1.55. The van der Waals surface area contributed by atoms with E-state index >= 15 is 0 Å². The summed E-state index contributed by atoms with van der Waals surface area (Å²) in [6.45, 7) is -1.48. The number of anilines is 1. The van der Waals surface area contributed by atoms with Crippen molar-refractivity contribution < 1.29 is 27.8 Å². The van der Waals surface area contributed by atoms with Crippen LogP contribution in [-0.2, 0) is 16.1 Å². The number of methoxy groups -OCH3 is 1. The molecule has 0 aliphatic carbocycles. The summed E-state index contributed by atoms with van der Waals surface area (Å²) >= 11 is 6.14. The number of aromatic nitrogens is 4. The normalized spacial score (nSPS) is 15.2. The number of benzene rings is 2. The minimum absolute atomic E-state index is 0.0231. The third-order valence-corrected chi connectivity index (χ3v) is 5.18. The third-order valence-electron chi connectivity index (χ3n) is 4.95. The van der Waals surface area contributed by atoms with Crippen molar-refractivity contribution in [3.8, 4) is 11.5 Å². The maximum absolute atomic E-state index is 13.2. The maximum atomic E-state index is 13.2. The molecule has 2 heterocycles. The number of nitrogens with one attached hydrogen (secondary N) is 1. The van der Waals surface area contributed by atoms with E-state index in [0.29, 0.717) is 11.4 Å². The fraction of sp³-hybridized carbons (Fsp3) is 0.238. The molecule has 1 aliphatic heterocycles. The third kappa shape index (κ3) is 4.72. The number of halogens is 3. The fourth-order valence-electron chi connectivity index (χ4n) is 3.45. The van der Waals surface area contributed by atoms with E-state index in [1.165, 1.54) is 22.9 Å². The van der Waals surface area contributed by atoms with Crippen molar-refractivity contribution >= 4 is 23.5 Å². The van der Waals surface area contributed by atoms with Crippen LogP contribution in [0.4, 0.5) is 14.7 Å². The topological polar surface area (TPSA) is 100 Å². The second kappa shape index (κ2) is 9.41. The Morgan fingerprint density at radius 2 is 2.00 bits per heavy atom. The number of tetrazole rings is 1. The second-order valence-corrected chi connectivity index (χ2v) is 7.43. The Kier molecular flexibility index (Phi) is 6.40. The molecule has 0 saturated carbocycles. The van der Waals surface area contributed by atoms with E-state index in [1.807, 2.05) is 0 Å². The average Bonchev–Trinajstić information content (AvgIpc) is 3.26. The van der Waals surface area contributed by atoms with Crippen molar-refractivity contribution in [2.45, 2.75) is 26.2 Å². The molecular formula is C21H18ClF2N5O4. The molecule has 12 heteroatoms. The predicted octanol–water partition coefficient (Wildman–Crippen LogP) is 3.97. The first-order valence-electron chi connectivity index (χ1n) is 9.67. The SMILES string of the molecule is COc1ccc(COC(=O)C2=C(C)Nc3nnnn3[C@@H]2c2cc(Cl)ccc2OC(F)F)cc1. The Labute approximate surface area is 191 Å². The van der Waals surface area contributed by atoms with Gasteiger partial charge in [0, 0.05) is 16.3 Å². The molecule has 9 nitrogen and oxygen atoms in total. The minimum atomic E-state index is -3.09. The van der Waals surface area contributed by atoms with Gasteiger partial charge in [0.1, 0.15) is 24.1 Å². The Morgan fingerprint density at radius 3 is 2.70 bits per heavy atom. The molecule has 1 aromatic heterocycles. The summed E-state index contributed by atoms with van der Waals surface area (Å²) < 4.78 is 42.7. The number of hydrogen-bond acceptors (Lipinski definition) is 8. The monoisotopic (exact) mass is 477 g/mol. The molecule has 3 aromatic rings. The van der Waals surface area contributed by atoms with Crippen LogP contribution >= 0.6 is 11.6 Å². The van der Waals surface area contributed by atoms with Gasteiger partial charge in [-0.2, -0.15) is 13.5 Å². The molecule has 0 fully saturated rings. The number of rotatable bonds is 7. The Balaban J connectivity index is 1.70. The number of allylic oxidation sites excluding steroid dienone is 1. The van der Waals surface area contributed by atoms with E-state index in [4.69, 9.17) is 21.1 Å². The zero-order valence-corrected chi connectivity index (χ0v) is 18.2. The zero-order chi connectivity index (χ0) is 23.5. The van der Waals surface area contributed by atoms with Gasteiger partial charge in [0.15, 0.2) is 0 Å². The molecule has 0 unspecified atom stereocenters. The molecule has 0 radical (unpaired) electrons. The number of esters is 1. The fourth-order valence-corrected chi connectivity index (χ4v) is 3.63. The molecule has 0 amide bonds. The van der Waals surface area contributed by atoms with Crippen molar-refractivity contribution in [2.75, 3.05) is 12.4 Å². The highest BCUT2D eigenvalue weighted by Crippen LogP contribution is 2.40. The van der Waals surface area contributed by atoms with E-state index < -0.39 is 18.6 Å². The van der Waals surface area contributed by atoms with Crippen molar-refractivity contribution in [3.63, 3.8) is 0 Å². The zero-order valence-electron chi connectivity index (χ0n) is 17.5. The van der Waals surface area contributed by atoms with Gasteiger partial charge in [0.2, 0.25) is 5.95 Å². The summed E-state index contributed by atoms with van der Waals surface area (Å²) in [4.78, 5) is 13.2. The molecule has 1 aliphatic rings. The largest absolute Gasteiger partial charge is 0.497 e. The number of nitrogens with zero attached hydrogens (tertiary/aromatic N) is 4. The number of fused-ring (bicyclic) bond motifs is 1. The molecule has 1 N–H and O–H groups in total. The van der Waals surface area contributed by atoms with Gasteiger partial charge in [-0.15, -0.1) is 0 Å². The van der Waals surface area contributed by atoms with Crippen LogP contribution in [0.5, 0.6) is 11.5 Å². The van der Waals surface area contributed by atoms with Crippen LogP contribution in [-0.4, -0.2) is 39.9 Å². The lowest BCUT2D eigenvalue weighted by molar-refractivity contribution is -0.140. The van der Waals surface area contributed by atoms with E-state index in [-0.39, 0.29) is 34.5 Å². The molecule has 1 atom stereocenters. The maximum Gasteiger partial charge on any atom is 0.387 e. The predicted molar refractivity (Wildman–Crippen MR) is 113 cm³/mol. The first-order chi connectivity index (χ1) is 15.9. The van der Waals surface area contributed by atoms with E-state index in [1.54, 1.807) is 38.3 Å². The van der Waals surface area contributed by atoms with E-state index in [9.17, 15) is 13.6 Å². The summed E-state index contributed by atoms with van der Waals surface area (Å²) in [5.74, 6) is 0.0204. The molecular weight excluding hydrogens is 460 g/mol. The molecule has 172 valence electrons. The lowest BCUT2D eigenvalue weighted by Gasteiger charge is -2.28. The number of hydrogen-bond donors (Lipinski definition) is 1. The summed E-state index contributed by atoms with van der Waals surface area (Å²) in [5.41, 5.74) is 1.42. The Hall–Kier alpha value is -3.73. The first-order valence-corrected chi connectivity index (χ1v) is 10.0. The summed E-state index contributed by atoms with van der Waals surface area (Å²) in [6, 6.07) is 10.1. The molecule has 4 rings (SSSR count). The van der Waals surface area contributed by atoms with Gasteiger partial charge in [-0.05, 0) is 53.2 Å². The van der Waals surface area contributed by atoms with Crippen LogP contribution in [0, 0.1) is 0 Å². The van der Waals surface area contributed by atoms with Crippen LogP contribution in [0.25, 0.3) is 0 Å². The highest BCUT2D eigenvalue weighted by molar-refractivity contribution is 6.30. The average molecular weight is 478 g/mol. The van der Waals surface area contributed by atoms with Crippen molar-refractivity contribution in [3.05, 3.63) is 69.9 Å². The highest BCUT2D eigenvalue weighted by atomic mass is 35.5. The van der Waals surface area contributed by atoms with Gasteiger partial charge >= 0.3 is 12.6 Å². The molecule has 0 saturated heterocycles. The first kappa shape index (κ1) is 22.5. The van der Waals surface area contributed by atoms with Gasteiger partial charge in [-0.25, -0.2) is 4.79 Å². The van der Waals surface area contributed by atoms with Crippen LogP contribution in [0.2, 0.25) is 5.02 Å².